The number of aryl methyl sites for hydroxylation is 1. The van der Waals surface area contributed by atoms with Crippen LogP contribution in [0.5, 0.6) is 0 Å². The van der Waals surface area contributed by atoms with E-state index in [-0.39, 0.29) is 17.9 Å². The van der Waals surface area contributed by atoms with Gasteiger partial charge in [-0.25, -0.2) is 0 Å². The van der Waals surface area contributed by atoms with E-state index in [9.17, 15) is 9.90 Å². The quantitative estimate of drug-likeness (QED) is 0.898. The summed E-state index contributed by atoms with van der Waals surface area (Å²) in [5, 5.41) is 14.0. The van der Waals surface area contributed by atoms with Crippen molar-refractivity contribution in [3.63, 3.8) is 0 Å². The van der Waals surface area contributed by atoms with Crippen LogP contribution in [0.3, 0.4) is 0 Å². The number of hydrogen-bond acceptors (Lipinski definition) is 3. The molecule has 0 radical (unpaired) electrons. The van der Waals surface area contributed by atoms with Crippen molar-refractivity contribution < 1.29 is 9.90 Å². The Bertz CT molecular complexity index is 465. The van der Waals surface area contributed by atoms with Gasteiger partial charge < -0.3 is 10.0 Å². The topological polar surface area (TPSA) is 58.4 Å². The van der Waals surface area contributed by atoms with Crippen molar-refractivity contribution in [3.8, 4) is 0 Å². The van der Waals surface area contributed by atoms with E-state index in [4.69, 9.17) is 0 Å². The highest BCUT2D eigenvalue weighted by Gasteiger charge is 2.31. The number of aliphatic hydroxyl groups is 1. The zero-order chi connectivity index (χ0) is 14.2. The molecule has 1 aliphatic heterocycles. The van der Waals surface area contributed by atoms with E-state index in [1.54, 1.807) is 18.7 Å². The van der Waals surface area contributed by atoms with Gasteiger partial charge in [-0.05, 0) is 25.3 Å². The Balaban J connectivity index is 2.12. The molecular formula is C14H23N3O2. The zero-order valence-corrected chi connectivity index (χ0v) is 12.1. The van der Waals surface area contributed by atoms with E-state index in [0.717, 1.165) is 18.7 Å². The van der Waals surface area contributed by atoms with Crippen LogP contribution in [0.1, 0.15) is 49.3 Å². The minimum atomic E-state index is -0.351. The highest BCUT2D eigenvalue weighted by molar-refractivity contribution is 5.92. The van der Waals surface area contributed by atoms with Crippen LogP contribution in [0.4, 0.5) is 0 Å². The van der Waals surface area contributed by atoms with E-state index >= 15 is 0 Å². The predicted octanol–water partition coefficient (Wildman–Crippen LogP) is 1.39. The van der Waals surface area contributed by atoms with Crippen LogP contribution >= 0.6 is 0 Å². The number of aliphatic hydroxyl groups excluding tert-OH is 1. The molecule has 1 fully saturated rings. The summed E-state index contributed by atoms with van der Waals surface area (Å²) in [5.74, 6) is 0.531. The number of carbonyl (C=O) groups excluding carboxylic acids is 1. The minimum Gasteiger partial charge on any atom is -0.393 e. The van der Waals surface area contributed by atoms with Crippen molar-refractivity contribution >= 4 is 5.91 Å². The number of likely N-dealkylation sites (tertiary alicyclic amines) is 1. The molecule has 2 atom stereocenters. The number of carbonyl (C=O) groups is 1. The van der Waals surface area contributed by atoms with Gasteiger partial charge in [0.1, 0.15) is 5.69 Å². The van der Waals surface area contributed by atoms with Crippen molar-refractivity contribution in [2.45, 2.75) is 39.2 Å². The molecule has 0 bridgehead atoms. The number of amides is 1. The molecule has 1 amide bonds. The molecule has 2 rings (SSSR count). The predicted molar refractivity (Wildman–Crippen MR) is 73.0 cm³/mol. The second kappa shape index (κ2) is 5.33. The summed E-state index contributed by atoms with van der Waals surface area (Å²) in [6, 6.07) is 1.88. The fourth-order valence-corrected chi connectivity index (χ4v) is 2.50. The zero-order valence-electron chi connectivity index (χ0n) is 12.1. The van der Waals surface area contributed by atoms with Crippen molar-refractivity contribution in [2.24, 2.45) is 13.0 Å². The first-order chi connectivity index (χ1) is 8.90. The Morgan fingerprint density at radius 2 is 2.16 bits per heavy atom. The van der Waals surface area contributed by atoms with Gasteiger partial charge in [-0.2, -0.15) is 5.10 Å². The molecule has 0 aromatic carbocycles. The lowest BCUT2D eigenvalue weighted by atomic mass is 10.0. The molecule has 1 aromatic rings. The van der Waals surface area contributed by atoms with E-state index in [1.165, 1.54) is 0 Å². The summed E-state index contributed by atoms with van der Waals surface area (Å²) in [6.07, 6.45) is 0.522. The highest BCUT2D eigenvalue weighted by Crippen LogP contribution is 2.22. The smallest absolute Gasteiger partial charge is 0.272 e. The van der Waals surface area contributed by atoms with E-state index < -0.39 is 0 Å². The van der Waals surface area contributed by atoms with Crippen LogP contribution in [0.2, 0.25) is 0 Å². The monoisotopic (exact) mass is 265 g/mol. The molecule has 0 spiro atoms. The molecule has 1 N–H and O–H groups in total. The number of aromatic nitrogens is 2. The maximum absolute atomic E-state index is 12.5. The lowest BCUT2D eigenvalue weighted by Gasteiger charge is -2.17. The van der Waals surface area contributed by atoms with Gasteiger partial charge in [0.2, 0.25) is 0 Å². The maximum atomic E-state index is 12.5. The number of nitrogens with zero attached hydrogens (tertiary/aromatic N) is 3. The van der Waals surface area contributed by atoms with Crippen LogP contribution in [-0.2, 0) is 7.05 Å². The molecular weight excluding hydrogens is 242 g/mol. The van der Waals surface area contributed by atoms with Gasteiger partial charge in [0, 0.05) is 26.1 Å². The lowest BCUT2D eigenvalue weighted by molar-refractivity contribution is 0.0752. The largest absolute Gasteiger partial charge is 0.393 e. The summed E-state index contributed by atoms with van der Waals surface area (Å²) < 4.78 is 1.66. The van der Waals surface area contributed by atoms with Crippen molar-refractivity contribution in [1.82, 2.24) is 14.7 Å². The third-order valence-electron chi connectivity index (χ3n) is 3.90. The molecule has 1 saturated heterocycles. The average molecular weight is 265 g/mol. The third kappa shape index (κ3) is 2.81. The first kappa shape index (κ1) is 14.1. The lowest BCUT2D eigenvalue weighted by Crippen LogP contribution is -2.31. The van der Waals surface area contributed by atoms with Gasteiger partial charge in [-0.15, -0.1) is 0 Å². The molecule has 0 aliphatic carbocycles. The van der Waals surface area contributed by atoms with E-state index in [1.807, 2.05) is 11.0 Å². The Morgan fingerprint density at radius 1 is 1.47 bits per heavy atom. The van der Waals surface area contributed by atoms with Gasteiger partial charge in [0.25, 0.3) is 5.91 Å². The fraction of sp³-hybridized carbons (Fsp3) is 0.714. The minimum absolute atomic E-state index is 0.0186. The molecule has 5 heteroatoms. The van der Waals surface area contributed by atoms with Crippen LogP contribution < -0.4 is 0 Å². The third-order valence-corrected chi connectivity index (χ3v) is 3.90. The first-order valence-electron chi connectivity index (χ1n) is 6.91. The molecule has 1 aromatic heterocycles. The van der Waals surface area contributed by atoms with Gasteiger partial charge in [0.15, 0.2) is 0 Å². The Labute approximate surface area is 114 Å². The summed E-state index contributed by atoms with van der Waals surface area (Å²) in [7, 11) is 1.81. The van der Waals surface area contributed by atoms with Crippen LogP contribution in [0.15, 0.2) is 6.07 Å². The number of hydrogen-bond donors (Lipinski definition) is 1. The highest BCUT2D eigenvalue weighted by atomic mass is 16.3. The Hall–Kier alpha value is -1.36. The standard InChI is InChI=1S/C14H23N3O2/c1-9(2)12-7-13(16(4)15-12)14(19)17-6-5-11(8-17)10(3)18/h7,9-11,18H,5-6,8H2,1-4H3. The van der Waals surface area contributed by atoms with Crippen LogP contribution in [-0.4, -0.2) is 44.9 Å². The SMILES string of the molecule is CC(C)c1cc(C(=O)N2CCC(C(C)O)C2)n(C)n1. The van der Waals surface area contributed by atoms with E-state index in [2.05, 4.69) is 18.9 Å². The maximum Gasteiger partial charge on any atom is 0.272 e. The molecule has 1 aliphatic rings. The molecule has 19 heavy (non-hydrogen) atoms. The second-order valence-corrected chi connectivity index (χ2v) is 5.77. The molecule has 0 saturated carbocycles. The average Bonchev–Trinajstić information content (AvgIpc) is 2.94. The molecule has 5 nitrogen and oxygen atoms in total. The van der Waals surface area contributed by atoms with Crippen LogP contribution in [0.25, 0.3) is 0 Å². The fourth-order valence-electron chi connectivity index (χ4n) is 2.50. The van der Waals surface area contributed by atoms with Gasteiger partial charge in [0.05, 0.1) is 11.8 Å². The summed E-state index contributed by atoms with van der Waals surface area (Å²) in [5.41, 5.74) is 1.58. The number of rotatable bonds is 3. The summed E-state index contributed by atoms with van der Waals surface area (Å²) >= 11 is 0. The first-order valence-corrected chi connectivity index (χ1v) is 6.91. The van der Waals surface area contributed by atoms with Gasteiger partial charge in [-0.1, -0.05) is 13.8 Å². The molecule has 106 valence electrons. The second-order valence-electron chi connectivity index (χ2n) is 5.77. The summed E-state index contributed by atoms with van der Waals surface area (Å²) in [6.45, 7) is 7.28. The normalized spacial score (nSPS) is 21.2. The van der Waals surface area contributed by atoms with Gasteiger partial charge in [-0.3, -0.25) is 9.48 Å². The summed E-state index contributed by atoms with van der Waals surface area (Å²) in [4.78, 5) is 14.3. The Kier molecular flexibility index (Phi) is 3.94. The van der Waals surface area contributed by atoms with Gasteiger partial charge >= 0.3 is 0 Å². The molecule has 2 unspecified atom stereocenters. The van der Waals surface area contributed by atoms with Crippen molar-refractivity contribution in [3.05, 3.63) is 17.5 Å². The molecule has 2 heterocycles. The van der Waals surface area contributed by atoms with Crippen molar-refractivity contribution in [2.75, 3.05) is 13.1 Å². The van der Waals surface area contributed by atoms with Crippen molar-refractivity contribution in [1.29, 1.82) is 0 Å². The Morgan fingerprint density at radius 3 is 2.63 bits per heavy atom. The van der Waals surface area contributed by atoms with E-state index in [0.29, 0.717) is 18.2 Å². The van der Waals surface area contributed by atoms with Crippen LogP contribution in [0, 0.1) is 5.92 Å².